The van der Waals surface area contributed by atoms with Gasteiger partial charge in [-0.05, 0) is 6.42 Å². The Morgan fingerprint density at radius 1 is 1.73 bits per heavy atom. The van der Waals surface area contributed by atoms with Gasteiger partial charge in [0.1, 0.15) is 5.76 Å². The van der Waals surface area contributed by atoms with Crippen LogP contribution >= 0.6 is 0 Å². The third-order valence-electron chi connectivity index (χ3n) is 2.68. The Kier molecular flexibility index (Phi) is 3.01. The van der Waals surface area contributed by atoms with E-state index in [-0.39, 0.29) is 5.91 Å². The van der Waals surface area contributed by atoms with E-state index in [2.05, 4.69) is 10.3 Å². The minimum atomic E-state index is 0.229. The number of carbonyl (C=O) groups is 1. The second-order valence-corrected chi connectivity index (χ2v) is 3.86. The summed E-state index contributed by atoms with van der Waals surface area (Å²) in [5, 5.41) is 3.35. The Hall–Kier alpha value is -1.36. The van der Waals surface area contributed by atoms with Crippen molar-refractivity contribution in [2.75, 3.05) is 13.6 Å². The predicted octanol–water partition coefficient (Wildman–Crippen LogP) is 0.385. The molecule has 0 aromatic carbocycles. The van der Waals surface area contributed by atoms with Crippen molar-refractivity contribution >= 4 is 5.91 Å². The van der Waals surface area contributed by atoms with Gasteiger partial charge in [-0.15, -0.1) is 0 Å². The number of hydrogen-bond acceptors (Lipinski definition) is 4. The third-order valence-corrected chi connectivity index (χ3v) is 2.68. The molecule has 1 atom stereocenters. The smallest absolute Gasteiger partial charge is 0.222 e. The molecular weight excluding hydrogens is 194 g/mol. The van der Waals surface area contributed by atoms with Gasteiger partial charge in [0.15, 0.2) is 6.39 Å². The van der Waals surface area contributed by atoms with Crippen molar-refractivity contribution < 1.29 is 9.21 Å². The van der Waals surface area contributed by atoms with E-state index in [0.717, 1.165) is 18.7 Å². The quantitative estimate of drug-likeness (QED) is 0.782. The molecule has 1 saturated heterocycles. The molecule has 1 aromatic rings. The highest BCUT2D eigenvalue weighted by atomic mass is 16.3. The summed E-state index contributed by atoms with van der Waals surface area (Å²) in [5.74, 6) is 1.06. The lowest BCUT2D eigenvalue weighted by Crippen LogP contribution is -2.46. The van der Waals surface area contributed by atoms with Gasteiger partial charge in [0.25, 0.3) is 0 Å². The fourth-order valence-corrected chi connectivity index (χ4v) is 1.75. The number of likely N-dealkylation sites (tertiary alicyclic amines) is 1. The molecule has 2 rings (SSSR count). The van der Waals surface area contributed by atoms with Gasteiger partial charge in [-0.25, -0.2) is 4.98 Å². The zero-order valence-corrected chi connectivity index (χ0v) is 8.77. The summed E-state index contributed by atoms with van der Waals surface area (Å²) >= 11 is 0. The van der Waals surface area contributed by atoms with Crippen molar-refractivity contribution in [2.45, 2.75) is 25.4 Å². The largest absolute Gasteiger partial charge is 0.447 e. The molecule has 0 spiro atoms. The SMILES string of the molecule is CN1CC(NCc2cnco2)CCC1=O. The first kappa shape index (κ1) is 10.2. The molecular formula is C10H15N3O2. The summed E-state index contributed by atoms with van der Waals surface area (Å²) in [6.07, 6.45) is 4.65. The van der Waals surface area contributed by atoms with E-state index < -0.39 is 0 Å². The lowest BCUT2D eigenvalue weighted by Gasteiger charge is -2.30. The summed E-state index contributed by atoms with van der Waals surface area (Å²) in [6.45, 7) is 1.44. The van der Waals surface area contributed by atoms with Crippen LogP contribution in [0.1, 0.15) is 18.6 Å². The molecule has 0 aliphatic carbocycles. The first-order chi connectivity index (χ1) is 7.25. The van der Waals surface area contributed by atoms with E-state index >= 15 is 0 Å². The predicted molar refractivity (Wildman–Crippen MR) is 54.0 cm³/mol. The second kappa shape index (κ2) is 4.44. The van der Waals surface area contributed by atoms with Crippen molar-refractivity contribution in [3.63, 3.8) is 0 Å². The van der Waals surface area contributed by atoms with Gasteiger partial charge in [0.05, 0.1) is 12.7 Å². The van der Waals surface area contributed by atoms with Crippen LogP contribution in [0.15, 0.2) is 17.0 Å². The van der Waals surface area contributed by atoms with Crippen LogP contribution < -0.4 is 5.32 Å². The molecule has 1 unspecified atom stereocenters. The number of hydrogen-bond donors (Lipinski definition) is 1. The Bertz CT molecular complexity index is 323. The maximum Gasteiger partial charge on any atom is 0.222 e. The standard InChI is InChI=1S/C10H15N3O2/c1-13-6-8(2-3-10(13)14)12-5-9-4-11-7-15-9/h4,7-8,12H,2-3,5-6H2,1H3. The second-order valence-electron chi connectivity index (χ2n) is 3.86. The molecule has 1 N–H and O–H groups in total. The molecule has 5 nitrogen and oxygen atoms in total. The van der Waals surface area contributed by atoms with Gasteiger partial charge < -0.3 is 14.6 Å². The number of rotatable bonds is 3. The number of nitrogens with one attached hydrogen (secondary N) is 1. The van der Waals surface area contributed by atoms with Crippen molar-refractivity contribution in [1.29, 1.82) is 0 Å². The molecule has 0 radical (unpaired) electrons. The molecule has 82 valence electrons. The molecule has 5 heteroatoms. The van der Waals surface area contributed by atoms with E-state index in [9.17, 15) is 4.79 Å². The average molecular weight is 209 g/mol. The summed E-state index contributed by atoms with van der Waals surface area (Å²) in [5.41, 5.74) is 0. The molecule has 1 amide bonds. The number of piperidine rings is 1. The lowest BCUT2D eigenvalue weighted by molar-refractivity contribution is -0.132. The van der Waals surface area contributed by atoms with E-state index in [1.54, 1.807) is 11.1 Å². The van der Waals surface area contributed by atoms with E-state index in [4.69, 9.17) is 4.42 Å². The number of nitrogens with zero attached hydrogens (tertiary/aromatic N) is 2. The Labute approximate surface area is 88.5 Å². The van der Waals surface area contributed by atoms with E-state index in [0.29, 0.717) is 19.0 Å². The van der Waals surface area contributed by atoms with Crippen LogP contribution in [0.4, 0.5) is 0 Å². The average Bonchev–Trinajstić information content (AvgIpc) is 2.73. The monoisotopic (exact) mass is 209 g/mol. The Morgan fingerprint density at radius 2 is 2.60 bits per heavy atom. The minimum Gasteiger partial charge on any atom is -0.447 e. The van der Waals surface area contributed by atoms with Crippen LogP contribution in [0.3, 0.4) is 0 Å². The third kappa shape index (κ3) is 2.56. The van der Waals surface area contributed by atoms with Crippen LogP contribution in [0.2, 0.25) is 0 Å². The first-order valence-corrected chi connectivity index (χ1v) is 5.10. The maximum absolute atomic E-state index is 11.2. The fraction of sp³-hybridized carbons (Fsp3) is 0.600. The van der Waals surface area contributed by atoms with E-state index in [1.165, 1.54) is 6.39 Å². The van der Waals surface area contributed by atoms with E-state index in [1.807, 2.05) is 7.05 Å². The molecule has 2 heterocycles. The molecule has 1 aromatic heterocycles. The van der Waals surface area contributed by atoms with Gasteiger partial charge in [-0.1, -0.05) is 0 Å². The van der Waals surface area contributed by atoms with Crippen LogP contribution in [0, 0.1) is 0 Å². The van der Waals surface area contributed by atoms with Gasteiger partial charge in [-0.3, -0.25) is 4.79 Å². The minimum absolute atomic E-state index is 0.229. The first-order valence-electron chi connectivity index (χ1n) is 5.10. The normalized spacial score (nSPS) is 22.1. The Morgan fingerprint density at radius 3 is 3.27 bits per heavy atom. The summed E-state index contributed by atoms with van der Waals surface area (Å²) in [7, 11) is 1.84. The topological polar surface area (TPSA) is 58.4 Å². The maximum atomic E-state index is 11.2. The molecule has 1 fully saturated rings. The number of amides is 1. The highest BCUT2D eigenvalue weighted by molar-refractivity contribution is 5.76. The number of carbonyl (C=O) groups excluding carboxylic acids is 1. The lowest BCUT2D eigenvalue weighted by atomic mass is 10.1. The van der Waals surface area contributed by atoms with Gasteiger partial charge in [0, 0.05) is 26.1 Å². The summed E-state index contributed by atoms with van der Waals surface area (Å²) < 4.78 is 5.12. The fourth-order valence-electron chi connectivity index (χ4n) is 1.75. The van der Waals surface area contributed by atoms with Crippen LogP contribution in [-0.4, -0.2) is 35.4 Å². The summed E-state index contributed by atoms with van der Waals surface area (Å²) in [4.78, 5) is 16.8. The number of aromatic nitrogens is 1. The molecule has 1 aliphatic heterocycles. The zero-order valence-electron chi connectivity index (χ0n) is 8.77. The molecule has 15 heavy (non-hydrogen) atoms. The van der Waals surface area contributed by atoms with Gasteiger partial charge in [0.2, 0.25) is 5.91 Å². The molecule has 1 aliphatic rings. The molecule has 0 bridgehead atoms. The van der Waals surface area contributed by atoms with Crippen molar-refractivity contribution in [3.05, 3.63) is 18.4 Å². The molecule has 0 saturated carbocycles. The zero-order chi connectivity index (χ0) is 10.7. The van der Waals surface area contributed by atoms with Gasteiger partial charge in [-0.2, -0.15) is 0 Å². The number of likely N-dealkylation sites (N-methyl/N-ethyl adjacent to an activating group) is 1. The van der Waals surface area contributed by atoms with Crippen molar-refractivity contribution in [2.24, 2.45) is 0 Å². The van der Waals surface area contributed by atoms with Crippen LogP contribution in [-0.2, 0) is 11.3 Å². The highest BCUT2D eigenvalue weighted by Crippen LogP contribution is 2.10. The van der Waals surface area contributed by atoms with Crippen molar-refractivity contribution in [1.82, 2.24) is 15.2 Å². The highest BCUT2D eigenvalue weighted by Gasteiger charge is 2.22. The Balaban J connectivity index is 1.78. The van der Waals surface area contributed by atoms with Crippen LogP contribution in [0.25, 0.3) is 0 Å². The van der Waals surface area contributed by atoms with Crippen molar-refractivity contribution in [3.8, 4) is 0 Å². The van der Waals surface area contributed by atoms with Gasteiger partial charge >= 0.3 is 0 Å². The number of oxazole rings is 1. The van der Waals surface area contributed by atoms with Crippen LogP contribution in [0.5, 0.6) is 0 Å². The summed E-state index contributed by atoms with van der Waals surface area (Å²) in [6, 6.07) is 0.359.